The lowest BCUT2D eigenvalue weighted by atomic mass is 10.3. The lowest BCUT2D eigenvalue weighted by Crippen LogP contribution is -2.37. The number of rotatable bonds is 2. The fraction of sp³-hybridized carbons (Fsp3) is 0.308. The van der Waals surface area contributed by atoms with E-state index >= 15 is 0 Å². The molecule has 4 rings (SSSR count). The van der Waals surface area contributed by atoms with Crippen molar-refractivity contribution in [1.82, 2.24) is 29.5 Å². The molecule has 22 heavy (non-hydrogen) atoms. The normalized spacial score (nSPS) is 15.4. The Labute approximate surface area is 124 Å². The average Bonchev–Trinajstić information content (AvgIpc) is 3.10. The first-order valence-corrected chi connectivity index (χ1v) is 6.89. The van der Waals surface area contributed by atoms with E-state index in [2.05, 4.69) is 20.2 Å². The number of ether oxygens (including phenoxy) is 1. The monoisotopic (exact) mass is 299 g/mol. The fourth-order valence-electron chi connectivity index (χ4n) is 2.41. The second-order valence-corrected chi connectivity index (χ2v) is 4.88. The molecule has 1 saturated heterocycles. The van der Waals surface area contributed by atoms with E-state index in [9.17, 15) is 4.79 Å². The molecule has 0 atom stereocenters. The van der Waals surface area contributed by atoms with Crippen molar-refractivity contribution in [3.05, 3.63) is 41.5 Å². The van der Waals surface area contributed by atoms with Crippen LogP contribution in [0.2, 0.25) is 0 Å². The zero-order valence-electron chi connectivity index (χ0n) is 11.7. The van der Waals surface area contributed by atoms with Crippen LogP contribution in [0, 0.1) is 0 Å². The standard InChI is InChI=1S/C13H13N7O2/c21-12-10-7-14-13(18-3-5-22-6-4-18)17-11(10)1-2-20(12)19-8-15-16-9-19/h1-2,7-9H,3-6H2. The van der Waals surface area contributed by atoms with Crippen LogP contribution in [0.3, 0.4) is 0 Å². The van der Waals surface area contributed by atoms with Gasteiger partial charge in [0.25, 0.3) is 5.56 Å². The molecular formula is C13H13N7O2. The minimum Gasteiger partial charge on any atom is -0.378 e. The molecule has 0 bridgehead atoms. The number of nitrogens with zero attached hydrogens (tertiary/aromatic N) is 7. The van der Waals surface area contributed by atoms with Crippen molar-refractivity contribution < 1.29 is 4.74 Å². The van der Waals surface area contributed by atoms with Gasteiger partial charge in [-0.15, -0.1) is 10.2 Å². The number of aromatic nitrogens is 6. The molecule has 112 valence electrons. The van der Waals surface area contributed by atoms with Crippen molar-refractivity contribution in [3.63, 3.8) is 0 Å². The maximum Gasteiger partial charge on any atom is 0.280 e. The van der Waals surface area contributed by atoms with Gasteiger partial charge in [-0.05, 0) is 6.07 Å². The van der Waals surface area contributed by atoms with Crippen LogP contribution >= 0.6 is 0 Å². The Hall–Kier alpha value is -2.81. The van der Waals surface area contributed by atoms with Crippen molar-refractivity contribution in [3.8, 4) is 0 Å². The van der Waals surface area contributed by atoms with Gasteiger partial charge in [-0.2, -0.15) is 0 Å². The predicted octanol–water partition coefficient (Wildman–Crippen LogP) is -0.469. The Morgan fingerprint density at radius 2 is 1.91 bits per heavy atom. The number of pyridine rings is 1. The van der Waals surface area contributed by atoms with E-state index in [1.165, 1.54) is 22.0 Å². The first kappa shape index (κ1) is 12.9. The second-order valence-electron chi connectivity index (χ2n) is 4.88. The smallest absolute Gasteiger partial charge is 0.280 e. The van der Waals surface area contributed by atoms with Gasteiger partial charge in [0.2, 0.25) is 5.95 Å². The van der Waals surface area contributed by atoms with Gasteiger partial charge in [-0.1, -0.05) is 0 Å². The summed E-state index contributed by atoms with van der Waals surface area (Å²) >= 11 is 0. The molecule has 1 aliphatic heterocycles. The first-order valence-electron chi connectivity index (χ1n) is 6.89. The van der Waals surface area contributed by atoms with Gasteiger partial charge >= 0.3 is 0 Å². The van der Waals surface area contributed by atoms with E-state index < -0.39 is 0 Å². The van der Waals surface area contributed by atoms with Crippen molar-refractivity contribution in [2.45, 2.75) is 0 Å². The fourth-order valence-corrected chi connectivity index (χ4v) is 2.41. The Morgan fingerprint density at radius 1 is 1.14 bits per heavy atom. The Balaban J connectivity index is 1.79. The van der Waals surface area contributed by atoms with Crippen LogP contribution in [0.15, 0.2) is 35.9 Å². The largest absolute Gasteiger partial charge is 0.378 e. The summed E-state index contributed by atoms with van der Waals surface area (Å²) in [7, 11) is 0. The third-order valence-electron chi connectivity index (χ3n) is 3.57. The highest BCUT2D eigenvalue weighted by Gasteiger charge is 2.15. The van der Waals surface area contributed by atoms with Crippen LogP contribution in [0.4, 0.5) is 5.95 Å². The van der Waals surface area contributed by atoms with E-state index in [4.69, 9.17) is 4.74 Å². The highest BCUT2D eigenvalue weighted by atomic mass is 16.5. The van der Waals surface area contributed by atoms with Crippen molar-refractivity contribution in [2.75, 3.05) is 31.2 Å². The van der Waals surface area contributed by atoms with E-state index in [0.29, 0.717) is 30.1 Å². The summed E-state index contributed by atoms with van der Waals surface area (Å²) in [6.45, 7) is 2.83. The minimum atomic E-state index is -0.217. The summed E-state index contributed by atoms with van der Waals surface area (Å²) in [5.41, 5.74) is 0.400. The number of hydrogen-bond acceptors (Lipinski definition) is 7. The number of morpholine rings is 1. The first-order chi connectivity index (χ1) is 10.8. The summed E-state index contributed by atoms with van der Waals surface area (Å²) in [6, 6.07) is 1.78. The molecule has 9 nitrogen and oxygen atoms in total. The highest BCUT2D eigenvalue weighted by molar-refractivity contribution is 5.77. The molecule has 9 heteroatoms. The molecule has 0 unspecified atom stereocenters. The molecule has 1 fully saturated rings. The lowest BCUT2D eigenvalue weighted by molar-refractivity contribution is 0.122. The van der Waals surface area contributed by atoms with Crippen molar-refractivity contribution in [1.29, 1.82) is 0 Å². The highest BCUT2D eigenvalue weighted by Crippen LogP contribution is 2.13. The number of anilines is 1. The van der Waals surface area contributed by atoms with Gasteiger partial charge < -0.3 is 9.64 Å². The molecule has 0 spiro atoms. The SMILES string of the molecule is O=c1c2cnc(N3CCOCC3)nc2ccn1-n1cnnc1. The van der Waals surface area contributed by atoms with Crippen LogP contribution in [0.5, 0.6) is 0 Å². The van der Waals surface area contributed by atoms with Crippen LogP contribution in [0.1, 0.15) is 0 Å². The molecule has 3 aromatic heterocycles. The van der Waals surface area contributed by atoms with Crippen molar-refractivity contribution in [2.24, 2.45) is 0 Å². The number of fused-ring (bicyclic) bond motifs is 1. The third-order valence-corrected chi connectivity index (χ3v) is 3.57. The maximum atomic E-state index is 12.5. The van der Waals surface area contributed by atoms with Crippen LogP contribution in [-0.4, -0.2) is 55.8 Å². The molecule has 0 N–H and O–H groups in total. The van der Waals surface area contributed by atoms with Crippen LogP contribution in [0.25, 0.3) is 10.9 Å². The molecule has 0 radical (unpaired) electrons. The molecule has 1 aliphatic rings. The third kappa shape index (κ3) is 2.11. The molecular weight excluding hydrogens is 286 g/mol. The van der Waals surface area contributed by atoms with Crippen molar-refractivity contribution >= 4 is 16.9 Å². The van der Waals surface area contributed by atoms with Gasteiger partial charge in [0.05, 0.1) is 24.1 Å². The minimum absolute atomic E-state index is 0.217. The van der Waals surface area contributed by atoms with Gasteiger partial charge in [0, 0.05) is 25.5 Å². The van der Waals surface area contributed by atoms with Crippen LogP contribution in [-0.2, 0) is 4.74 Å². The van der Waals surface area contributed by atoms with E-state index in [0.717, 1.165) is 13.1 Å². The summed E-state index contributed by atoms with van der Waals surface area (Å²) < 4.78 is 8.22. The molecule has 3 aromatic rings. The predicted molar refractivity (Wildman–Crippen MR) is 77.6 cm³/mol. The molecule has 4 heterocycles. The van der Waals surface area contributed by atoms with Crippen LogP contribution < -0.4 is 10.5 Å². The second kappa shape index (κ2) is 5.19. The summed E-state index contributed by atoms with van der Waals surface area (Å²) in [6.07, 6.45) is 6.12. The lowest BCUT2D eigenvalue weighted by Gasteiger charge is -2.26. The summed E-state index contributed by atoms with van der Waals surface area (Å²) in [5.74, 6) is 0.622. The Morgan fingerprint density at radius 3 is 2.68 bits per heavy atom. The van der Waals surface area contributed by atoms with Gasteiger partial charge in [0.15, 0.2) is 0 Å². The number of hydrogen-bond donors (Lipinski definition) is 0. The average molecular weight is 299 g/mol. The molecule has 0 amide bonds. The zero-order valence-corrected chi connectivity index (χ0v) is 11.7. The van der Waals surface area contributed by atoms with Gasteiger partial charge in [-0.25, -0.2) is 19.3 Å². The Bertz CT molecular complexity index is 852. The molecule has 0 saturated carbocycles. The van der Waals surface area contributed by atoms with Gasteiger partial charge in [0.1, 0.15) is 12.7 Å². The van der Waals surface area contributed by atoms with E-state index in [1.807, 2.05) is 4.90 Å². The summed E-state index contributed by atoms with van der Waals surface area (Å²) in [4.78, 5) is 23.3. The quantitative estimate of drug-likeness (QED) is 0.632. The van der Waals surface area contributed by atoms with E-state index in [-0.39, 0.29) is 5.56 Å². The summed E-state index contributed by atoms with van der Waals surface area (Å²) in [5, 5.41) is 7.85. The topological polar surface area (TPSA) is 91.0 Å². The van der Waals surface area contributed by atoms with Gasteiger partial charge in [-0.3, -0.25) is 4.79 Å². The maximum absolute atomic E-state index is 12.5. The van der Waals surface area contributed by atoms with E-state index in [1.54, 1.807) is 18.5 Å². The zero-order chi connectivity index (χ0) is 14.9. The molecule has 0 aromatic carbocycles. The molecule has 0 aliphatic carbocycles. The Kier molecular flexibility index (Phi) is 3.04.